The van der Waals surface area contributed by atoms with Crippen molar-refractivity contribution in [2.75, 3.05) is 42.3 Å². The van der Waals surface area contributed by atoms with Crippen LogP contribution < -0.4 is 10.2 Å². The average molecular weight is 372 g/mol. The van der Waals surface area contributed by atoms with Crippen molar-refractivity contribution < 1.29 is 9.53 Å². The van der Waals surface area contributed by atoms with Gasteiger partial charge in [-0.25, -0.2) is 0 Å². The fourth-order valence-electron chi connectivity index (χ4n) is 2.62. The zero-order valence-electron chi connectivity index (χ0n) is 14.5. The molecule has 0 saturated carbocycles. The zero-order valence-corrected chi connectivity index (χ0v) is 15.3. The lowest BCUT2D eigenvalue weighted by molar-refractivity contribution is -0.113. The van der Waals surface area contributed by atoms with Crippen LogP contribution in [0.4, 0.5) is 11.6 Å². The van der Waals surface area contributed by atoms with Crippen molar-refractivity contribution in [1.29, 1.82) is 5.26 Å². The van der Waals surface area contributed by atoms with Gasteiger partial charge in [0.25, 0.3) is 0 Å². The molecule has 1 aromatic heterocycles. The summed E-state index contributed by atoms with van der Waals surface area (Å²) >= 11 is 1.36. The highest BCUT2D eigenvalue weighted by atomic mass is 32.2. The third-order valence-corrected chi connectivity index (χ3v) is 4.90. The molecule has 1 fully saturated rings. The Kier molecular flexibility index (Phi) is 6.09. The van der Waals surface area contributed by atoms with Gasteiger partial charge < -0.3 is 15.0 Å². The highest BCUT2D eigenvalue weighted by Crippen LogP contribution is 2.23. The highest BCUT2D eigenvalue weighted by molar-refractivity contribution is 7.99. The Hall–Kier alpha value is -2.57. The van der Waals surface area contributed by atoms with Crippen LogP contribution >= 0.6 is 11.8 Å². The molecular weight excluding hydrogens is 352 g/mol. The van der Waals surface area contributed by atoms with Crippen molar-refractivity contribution in [3.63, 3.8) is 0 Å². The van der Waals surface area contributed by atoms with E-state index in [1.54, 1.807) is 24.3 Å². The molecule has 1 amide bonds. The van der Waals surface area contributed by atoms with Gasteiger partial charge in [0.1, 0.15) is 0 Å². The number of thioether (sulfide) groups is 1. The summed E-state index contributed by atoms with van der Waals surface area (Å²) in [5, 5.41) is 20.9. The summed E-state index contributed by atoms with van der Waals surface area (Å²) in [5.41, 5.74) is 1.23. The lowest BCUT2D eigenvalue weighted by Gasteiger charge is -2.27. The summed E-state index contributed by atoms with van der Waals surface area (Å²) in [5.74, 6) is 0.936. The van der Waals surface area contributed by atoms with Crippen LogP contribution in [0.15, 0.2) is 29.4 Å². The van der Waals surface area contributed by atoms with Crippen molar-refractivity contribution in [3.8, 4) is 6.07 Å². The zero-order chi connectivity index (χ0) is 18.4. The fourth-order valence-corrected chi connectivity index (χ4v) is 3.41. The summed E-state index contributed by atoms with van der Waals surface area (Å²) in [6.07, 6.45) is 0. The smallest absolute Gasteiger partial charge is 0.234 e. The molecule has 2 heterocycles. The van der Waals surface area contributed by atoms with E-state index in [0.29, 0.717) is 24.5 Å². The van der Waals surface area contributed by atoms with E-state index >= 15 is 0 Å². The number of rotatable bonds is 6. The predicted molar refractivity (Wildman–Crippen MR) is 99.2 cm³/mol. The van der Waals surface area contributed by atoms with Crippen LogP contribution in [0.3, 0.4) is 0 Å². The minimum absolute atomic E-state index is 0.127. The van der Waals surface area contributed by atoms with Gasteiger partial charge in [0.15, 0.2) is 5.16 Å². The van der Waals surface area contributed by atoms with Crippen LogP contribution in [0.5, 0.6) is 0 Å². The fraction of sp³-hybridized carbons (Fsp3) is 0.412. The Morgan fingerprint density at radius 3 is 2.69 bits per heavy atom. The maximum absolute atomic E-state index is 12.2. The third-order valence-electron chi connectivity index (χ3n) is 3.94. The Labute approximate surface area is 156 Å². The Bertz CT molecular complexity index is 793. The number of anilines is 2. The molecule has 26 heavy (non-hydrogen) atoms. The SMILES string of the molecule is CCn1c(SCC(=O)Nc2ccc(C#N)cc2)nnc1N1CCOCC1. The second-order valence-corrected chi connectivity index (χ2v) is 6.59. The molecule has 1 saturated heterocycles. The van der Waals surface area contributed by atoms with E-state index in [-0.39, 0.29) is 11.7 Å². The maximum atomic E-state index is 12.2. The topological polar surface area (TPSA) is 96.1 Å². The monoisotopic (exact) mass is 372 g/mol. The molecule has 136 valence electrons. The number of carbonyl (C=O) groups excluding carboxylic acids is 1. The Morgan fingerprint density at radius 1 is 1.31 bits per heavy atom. The molecular formula is C17H20N6O2S. The molecule has 0 bridgehead atoms. The van der Waals surface area contributed by atoms with Crippen LogP contribution in [0.1, 0.15) is 12.5 Å². The molecule has 0 atom stereocenters. The first-order valence-corrected chi connectivity index (χ1v) is 9.38. The first-order chi connectivity index (χ1) is 12.7. The van der Waals surface area contributed by atoms with E-state index < -0.39 is 0 Å². The largest absolute Gasteiger partial charge is 0.378 e. The number of carbonyl (C=O) groups is 1. The van der Waals surface area contributed by atoms with E-state index in [2.05, 4.69) is 20.4 Å². The van der Waals surface area contributed by atoms with E-state index in [0.717, 1.165) is 30.7 Å². The normalized spacial score (nSPS) is 14.1. The molecule has 9 heteroatoms. The van der Waals surface area contributed by atoms with Gasteiger partial charge in [-0.1, -0.05) is 11.8 Å². The van der Waals surface area contributed by atoms with Crippen LogP contribution in [0.2, 0.25) is 0 Å². The van der Waals surface area contributed by atoms with Gasteiger partial charge in [0, 0.05) is 25.3 Å². The first kappa shape index (κ1) is 18.2. The summed E-state index contributed by atoms with van der Waals surface area (Å²) in [4.78, 5) is 14.3. The molecule has 8 nitrogen and oxygen atoms in total. The minimum Gasteiger partial charge on any atom is -0.378 e. The predicted octanol–water partition coefficient (Wildman–Crippen LogP) is 1.74. The molecule has 0 spiro atoms. The van der Waals surface area contributed by atoms with E-state index in [4.69, 9.17) is 10.00 Å². The van der Waals surface area contributed by atoms with E-state index in [1.807, 2.05) is 17.6 Å². The number of aromatic nitrogens is 3. The van der Waals surface area contributed by atoms with Gasteiger partial charge >= 0.3 is 0 Å². The quantitative estimate of drug-likeness (QED) is 0.772. The number of nitrogens with zero attached hydrogens (tertiary/aromatic N) is 5. The van der Waals surface area contributed by atoms with Crippen LogP contribution in [0, 0.1) is 11.3 Å². The van der Waals surface area contributed by atoms with Gasteiger partial charge in [0.2, 0.25) is 11.9 Å². The Morgan fingerprint density at radius 2 is 2.04 bits per heavy atom. The van der Waals surface area contributed by atoms with Gasteiger partial charge in [0.05, 0.1) is 30.6 Å². The molecule has 1 aromatic carbocycles. The van der Waals surface area contributed by atoms with E-state index in [9.17, 15) is 4.79 Å². The number of amides is 1. The molecule has 1 aliphatic heterocycles. The number of hydrogen-bond donors (Lipinski definition) is 1. The number of nitriles is 1. The molecule has 2 aromatic rings. The van der Waals surface area contributed by atoms with Gasteiger partial charge in [-0.15, -0.1) is 10.2 Å². The van der Waals surface area contributed by atoms with Crippen molar-refractivity contribution >= 4 is 29.3 Å². The minimum atomic E-state index is -0.127. The van der Waals surface area contributed by atoms with Crippen LogP contribution in [-0.2, 0) is 16.1 Å². The maximum Gasteiger partial charge on any atom is 0.234 e. The highest BCUT2D eigenvalue weighted by Gasteiger charge is 2.20. The van der Waals surface area contributed by atoms with Crippen molar-refractivity contribution in [2.45, 2.75) is 18.6 Å². The second-order valence-electron chi connectivity index (χ2n) is 5.65. The molecule has 1 N–H and O–H groups in total. The number of nitrogens with one attached hydrogen (secondary N) is 1. The summed E-state index contributed by atoms with van der Waals surface area (Å²) in [6.45, 7) is 5.73. The molecule has 1 aliphatic rings. The van der Waals surface area contributed by atoms with Gasteiger partial charge in [-0.05, 0) is 31.2 Å². The van der Waals surface area contributed by atoms with E-state index in [1.165, 1.54) is 11.8 Å². The molecule has 0 unspecified atom stereocenters. The molecule has 0 aliphatic carbocycles. The van der Waals surface area contributed by atoms with Crippen molar-refractivity contribution in [1.82, 2.24) is 14.8 Å². The Balaban J connectivity index is 1.59. The second kappa shape index (κ2) is 8.69. The summed E-state index contributed by atoms with van der Waals surface area (Å²) < 4.78 is 7.40. The standard InChI is InChI=1S/C17H20N6O2S/c1-2-23-16(22-7-9-25-10-8-22)20-21-17(23)26-12-15(24)19-14-5-3-13(11-18)4-6-14/h3-6H,2,7-10,12H2,1H3,(H,19,24). The molecule has 0 radical (unpaired) electrons. The molecule has 3 rings (SSSR count). The summed E-state index contributed by atoms with van der Waals surface area (Å²) in [7, 11) is 0. The number of benzene rings is 1. The first-order valence-electron chi connectivity index (χ1n) is 8.40. The van der Waals surface area contributed by atoms with Crippen LogP contribution in [0.25, 0.3) is 0 Å². The summed E-state index contributed by atoms with van der Waals surface area (Å²) in [6, 6.07) is 8.82. The number of hydrogen-bond acceptors (Lipinski definition) is 7. The van der Waals surface area contributed by atoms with Crippen molar-refractivity contribution in [3.05, 3.63) is 29.8 Å². The lowest BCUT2D eigenvalue weighted by atomic mass is 10.2. The number of morpholine rings is 1. The lowest BCUT2D eigenvalue weighted by Crippen LogP contribution is -2.38. The van der Waals surface area contributed by atoms with Gasteiger partial charge in [-0.2, -0.15) is 5.26 Å². The third kappa shape index (κ3) is 4.33. The van der Waals surface area contributed by atoms with Crippen LogP contribution in [-0.4, -0.2) is 52.7 Å². The number of ether oxygens (including phenoxy) is 1. The van der Waals surface area contributed by atoms with Gasteiger partial charge in [-0.3, -0.25) is 9.36 Å². The van der Waals surface area contributed by atoms with Crippen molar-refractivity contribution in [2.24, 2.45) is 0 Å². The average Bonchev–Trinajstić information content (AvgIpc) is 3.10.